The number of rotatable bonds is 3. The van der Waals surface area contributed by atoms with E-state index < -0.39 is 0 Å². The van der Waals surface area contributed by atoms with E-state index in [9.17, 15) is 9.59 Å². The SMILES string of the molecule is Cc1ccc(C(=O)Nc2cccc(C3NC(=O)c4ccccc4N3)c2)cc1. The fourth-order valence-corrected chi connectivity index (χ4v) is 3.08. The highest BCUT2D eigenvalue weighted by molar-refractivity contribution is 6.04. The third-order valence-corrected chi connectivity index (χ3v) is 4.54. The summed E-state index contributed by atoms with van der Waals surface area (Å²) in [6.45, 7) is 1.98. The van der Waals surface area contributed by atoms with Crippen molar-refractivity contribution in [1.29, 1.82) is 0 Å². The lowest BCUT2D eigenvalue weighted by atomic mass is 10.1. The Bertz CT molecular complexity index is 1010. The Balaban J connectivity index is 1.54. The molecule has 0 radical (unpaired) electrons. The molecule has 1 aliphatic rings. The van der Waals surface area contributed by atoms with Crippen molar-refractivity contribution in [1.82, 2.24) is 5.32 Å². The molecule has 0 spiro atoms. The monoisotopic (exact) mass is 357 g/mol. The number of fused-ring (bicyclic) bond motifs is 1. The van der Waals surface area contributed by atoms with Crippen molar-refractivity contribution in [3.8, 4) is 0 Å². The summed E-state index contributed by atoms with van der Waals surface area (Å²) in [4.78, 5) is 24.8. The van der Waals surface area contributed by atoms with Crippen LogP contribution in [0.15, 0.2) is 72.8 Å². The molecule has 0 saturated carbocycles. The third-order valence-electron chi connectivity index (χ3n) is 4.54. The van der Waals surface area contributed by atoms with Crippen LogP contribution in [0.1, 0.15) is 38.0 Å². The van der Waals surface area contributed by atoms with Gasteiger partial charge in [-0.05, 0) is 48.9 Å². The van der Waals surface area contributed by atoms with Crippen molar-refractivity contribution in [2.45, 2.75) is 13.1 Å². The van der Waals surface area contributed by atoms with E-state index in [0.717, 1.165) is 16.8 Å². The number of benzene rings is 3. The van der Waals surface area contributed by atoms with Crippen LogP contribution in [0, 0.1) is 6.92 Å². The summed E-state index contributed by atoms with van der Waals surface area (Å²) in [6.07, 6.45) is -0.358. The zero-order valence-corrected chi connectivity index (χ0v) is 14.8. The van der Waals surface area contributed by atoms with Gasteiger partial charge in [-0.3, -0.25) is 9.59 Å². The maximum Gasteiger partial charge on any atom is 0.255 e. The van der Waals surface area contributed by atoms with Gasteiger partial charge in [0.25, 0.3) is 11.8 Å². The Morgan fingerprint density at radius 1 is 0.926 bits per heavy atom. The van der Waals surface area contributed by atoms with Crippen LogP contribution in [0.25, 0.3) is 0 Å². The topological polar surface area (TPSA) is 70.2 Å². The minimum atomic E-state index is -0.358. The Kier molecular flexibility index (Phi) is 4.34. The molecule has 0 aliphatic carbocycles. The van der Waals surface area contributed by atoms with Crippen LogP contribution in [0.2, 0.25) is 0 Å². The second-order valence-corrected chi connectivity index (χ2v) is 6.54. The Hall–Kier alpha value is -3.60. The molecule has 1 heterocycles. The number of amides is 2. The predicted molar refractivity (Wildman–Crippen MR) is 106 cm³/mol. The van der Waals surface area contributed by atoms with E-state index >= 15 is 0 Å². The van der Waals surface area contributed by atoms with Crippen LogP contribution in [-0.2, 0) is 0 Å². The van der Waals surface area contributed by atoms with Gasteiger partial charge in [-0.15, -0.1) is 0 Å². The summed E-state index contributed by atoms with van der Waals surface area (Å²) in [7, 11) is 0. The minimum absolute atomic E-state index is 0.122. The molecule has 3 aromatic rings. The van der Waals surface area contributed by atoms with Crippen molar-refractivity contribution in [3.63, 3.8) is 0 Å². The van der Waals surface area contributed by atoms with E-state index in [1.165, 1.54) is 0 Å². The van der Waals surface area contributed by atoms with Crippen LogP contribution < -0.4 is 16.0 Å². The molecule has 134 valence electrons. The summed E-state index contributed by atoms with van der Waals surface area (Å²) in [5.74, 6) is -0.290. The molecule has 27 heavy (non-hydrogen) atoms. The van der Waals surface area contributed by atoms with Gasteiger partial charge >= 0.3 is 0 Å². The van der Waals surface area contributed by atoms with Gasteiger partial charge in [0.15, 0.2) is 0 Å². The highest BCUT2D eigenvalue weighted by Crippen LogP contribution is 2.27. The van der Waals surface area contributed by atoms with Crippen LogP contribution >= 0.6 is 0 Å². The molecule has 2 amide bonds. The maximum absolute atomic E-state index is 12.4. The number of carbonyl (C=O) groups is 2. The number of anilines is 2. The van der Waals surface area contributed by atoms with Crippen LogP contribution in [0.5, 0.6) is 0 Å². The highest BCUT2D eigenvalue weighted by atomic mass is 16.2. The molecule has 0 bridgehead atoms. The molecule has 5 nitrogen and oxygen atoms in total. The summed E-state index contributed by atoms with van der Waals surface area (Å²) in [5.41, 5.74) is 4.66. The fraction of sp³-hybridized carbons (Fsp3) is 0.0909. The van der Waals surface area contributed by atoms with Crippen LogP contribution in [0.3, 0.4) is 0 Å². The molecule has 3 aromatic carbocycles. The predicted octanol–water partition coefficient (Wildman–Crippen LogP) is 4.10. The summed E-state index contributed by atoms with van der Waals surface area (Å²) < 4.78 is 0. The van der Waals surface area contributed by atoms with Crippen LogP contribution in [-0.4, -0.2) is 11.8 Å². The number of carbonyl (C=O) groups excluding carboxylic acids is 2. The molecular weight excluding hydrogens is 338 g/mol. The van der Waals surface area contributed by atoms with E-state index in [2.05, 4.69) is 16.0 Å². The average Bonchev–Trinajstić information content (AvgIpc) is 2.68. The smallest absolute Gasteiger partial charge is 0.255 e. The summed E-state index contributed by atoms with van der Waals surface area (Å²) in [6, 6.07) is 22.3. The van der Waals surface area contributed by atoms with Crippen molar-refractivity contribution >= 4 is 23.2 Å². The van der Waals surface area contributed by atoms with E-state index in [0.29, 0.717) is 16.8 Å². The number of nitrogens with one attached hydrogen (secondary N) is 3. The second kappa shape index (κ2) is 6.96. The third kappa shape index (κ3) is 3.53. The van der Waals surface area contributed by atoms with Crippen molar-refractivity contribution in [2.24, 2.45) is 0 Å². The summed E-state index contributed by atoms with van der Waals surface area (Å²) in [5, 5.41) is 9.17. The first-order valence-electron chi connectivity index (χ1n) is 8.74. The second-order valence-electron chi connectivity index (χ2n) is 6.54. The average molecular weight is 357 g/mol. The Morgan fingerprint density at radius 2 is 1.70 bits per heavy atom. The van der Waals surface area contributed by atoms with Crippen molar-refractivity contribution in [3.05, 3.63) is 95.1 Å². The quantitative estimate of drug-likeness (QED) is 0.661. The lowest BCUT2D eigenvalue weighted by molar-refractivity contribution is 0.0934. The van der Waals surface area contributed by atoms with Gasteiger partial charge in [0, 0.05) is 16.9 Å². The molecule has 1 atom stereocenters. The normalized spacial score (nSPS) is 15.3. The minimum Gasteiger partial charge on any atom is -0.361 e. The molecule has 0 saturated heterocycles. The Morgan fingerprint density at radius 3 is 2.52 bits per heavy atom. The van der Waals surface area contributed by atoms with E-state index in [4.69, 9.17) is 0 Å². The van der Waals surface area contributed by atoms with Gasteiger partial charge in [-0.25, -0.2) is 0 Å². The Labute approximate surface area is 157 Å². The van der Waals surface area contributed by atoms with Crippen molar-refractivity contribution in [2.75, 3.05) is 10.6 Å². The van der Waals surface area contributed by atoms with Gasteiger partial charge in [0.1, 0.15) is 6.17 Å². The van der Waals surface area contributed by atoms with Gasteiger partial charge in [0.2, 0.25) is 0 Å². The first-order valence-corrected chi connectivity index (χ1v) is 8.74. The van der Waals surface area contributed by atoms with Crippen molar-refractivity contribution < 1.29 is 9.59 Å². The zero-order valence-electron chi connectivity index (χ0n) is 14.8. The lowest BCUT2D eigenvalue weighted by Crippen LogP contribution is -2.38. The number of hydrogen-bond donors (Lipinski definition) is 3. The maximum atomic E-state index is 12.4. The fourth-order valence-electron chi connectivity index (χ4n) is 3.08. The molecule has 1 aliphatic heterocycles. The molecule has 5 heteroatoms. The molecule has 0 fully saturated rings. The van der Waals surface area contributed by atoms with Gasteiger partial charge in [0.05, 0.1) is 5.56 Å². The number of hydrogen-bond acceptors (Lipinski definition) is 3. The molecule has 0 aromatic heterocycles. The number of aryl methyl sites for hydroxylation is 1. The van der Waals surface area contributed by atoms with E-state index in [1.807, 2.05) is 61.5 Å². The standard InChI is InChI=1S/C22H19N3O2/c1-14-9-11-15(12-10-14)21(26)23-17-6-4-5-16(13-17)20-24-19-8-3-2-7-18(19)22(27)25-20/h2-13,20,24H,1H3,(H,23,26)(H,25,27). The molecule has 3 N–H and O–H groups in total. The van der Waals surface area contributed by atoms with Gasteiger partial charge in [-0.1, -0.05) is 42.0 Å². The molecular formula is C22H19N3O2. The van der Waals surface area contributed by atoms with E-state index in [-0.39, 0.29) is 18.0 Å². The van der Waals surface area contributed by atoms with Gasteiger partial charge < -0.3 is 16.0 Å². The molecule has 4 rings (SSSR count). The summed E-state index contributed by atoms with van der Waals surface area (Å²) >= 11 is 0. The largest absolute Gasteiger partial charge is 0.361 e. The van der Waals surface area contributed by atoms with Gasteiger partial charge in [-0.2, -0.15) is 0 Å². The zero-order chi connectivity index (χ0) is 18.8. The first-order chi connectivity index (χ1) is 13.1. The molecule has 1 unspecified atom stereocenters. The first kappa shape index (κ1) is 16.8. The lowest BCUT2D eigenvalue weighted by Gasteiger charge is -2.28. The van der Waals surface area contributed by atoms with E-state index in [1.54, 1.807) is 18.2 Å². The highest BCUT2D eigenvalue weighted by Gasteiger charge is 2.24. The van der Waals surface area contributed by atoms with Crippen LogP contribution in [0.4, 0.5) is 11.4 Å². The number of para-hydroxylation sites is 1.